The van der Waals surface area contributed by atoms with Crippen LogP contribution in [0, 0.1) is 5.92 Å². The van der Waals surface area contributed by atoms with Crippen LogP contribution >= 0.6 is 15.9 Å². The molecule has 1 fully saturated rings. The van der Waals surface area contributed by atoms with Gasteiger partial charge in [0.25, 0.3) is 0 Å². The molecule has 2 rings (SSSR count). The predicted molar refractivity (Wildman–Crippen MR) is 69.4 cm³/mol. The fourth-order valence-electron chi connectivity index (χ4n) is 2.02. The summed E-state index contributed by atoms with van der Waals surface area (Å²) in [6.45, 7) is 8.45. The average Bonchev–Trinajstić information content (AvgIpc) is 2.89. The van der Waals surface area contributed by atoms with Crippen LogP contribution in [-0.2, 0) is 19.5 Å². The molecular formula is C12H20BrN3. The third kappa shape index (κ3) is 2.33. The molecular weight excluding hydrogens is 266 g/mol. The van der Waals surface area contributed by atoms with Crippen molar-refractivity contribution in [2.75, 3.05) is 0 Å². The Balaban J connectivity index is 2.08. The second kappa shape index (κ2) is 4.88. The molecule has 2 unspecified atom stereocenters. The van der Waals surface area contributed by atoms with Crippen LogP contribution in [0.15, 0.2) is 4.47 Å². The van der Waals surface area contributed by atoms with Gasteiger partial charge in [-0.3, -0.25) is 4.68 Å². The van der Waals surface area contributed by atoms with E-state index in [1.807, 2.05) is 0 Å². The van der Waals surface area contributed by atoms with Crippen molar-refractivity contribution in [2.24, 2.45) is 5.92 Å². The second-order valence-electron chi connectivity index (χ2n) is 4.58. The highest BCUT2D eigenvalue weighted by molar-refractivity contribution is 9.10. The van der Waals surface area contributed by atoms with Crippen molar-refractivity contribution in [3.63, 3.8) is 0 Å². The van der Waals surface area contributed by atoms with Gasteiger partial charge in [0.05, 0.1) is 15.9 Å². The van der Waals surface area contributed by atoms with Gasteiger partial charge in [-0.15, -0.1) is 0 Å². The van der Waals surface area contributed by atoms with E-state index < -0.39 is 0 Å². The summed E-state index contributed by atoms with van der Waals surface area (Å²) in [6, 6.07) is 0.720. The lowest BCUT2D eigenvalue weighted by atomic mass is 10.3. The van der Waals surface area contributed by atoms with E-state index in [4.69, 9.17) is 0 Å². The fraction of sp³-hybridized carbons (Fsp3) is 0.750. The lowest BCUT2D eigenvalue weighted by Gasteiger charge is -2.06. The highest BCUT2D eigenvalue weighted by Gasteiger charge is 2.32. The molecule has 1 aromatic heterocycles. The van der Waals surface area contributed by atoms with Crippen LogP contribution in [0.3, 0.4) is 0 Å². The zero-order valence-corrected chi connectivity index (χ0v) is 11.8. The fourth-order valence-corrected chi connectivity index (χ4v) is 2.72. The van der Waals surface area contributed by atoms with E-state index in [0.717, 1.165) is 31.5 Å². The number of aryl methyl sites for hydroxylation is 2. The number of nitrogens with one attached hydrogen (secondary N) is 1. The number of hydrogen-bond acceptors (Lipinski definition) is 2. The summed E-state index contributed by atoms with van der Waals surface area (Å²) in [6.07, 6.45) is 2.30. The standard InChI is InChI=1S/C12H20BrN3/c1-4-9-12(13)11(16(5-2)15-9)7-14-10-6-8(10)3/h8,10,14H,4-7H2,1-3H3. The van der Waals surface area contributed by atoms with Crippen molar-refractivity contribution in [1.82, 2.24) is 15.1 Å². The Bertz CT molecular complexity index is 373. The first-order valence-corrected chi connectivity index (χ1v) is 6.94. The summed E-state index contributed by atoms with van der Waals surface area (Å²) in [7, 11) is 0. The van der Waals surface area contributed by atoms with Crippen molar-refractivity contribution in [3.05, 3.63) is 15.9 Å². The van der Waals surface area contributed by atoms with Gasteiger partial charge in [0.1, 0.15) is 0 Å². The van der Waals surface area contributed by atoms with Gasteiger partial charge >= 0.3 is 0 Å². The van der Waals surface area contributed by atoms with Crippen molar-refractivity contribution in [1.29, 1.82) is 0 Å². The van der Waals surface area contributed by atoms with Gasteiger partial charge in [0.15, 0.2) is 0 Å². The first kappa shape index (κ1) is 12.1. The van der Waals surface area contributed by atoms with Crippen LogP contribution in [0.2, 0.25) is 0 Å². The molecule has 1 N–H and O–H groups in total. The Morgan fingerprint density at radius 2 is 2.19 bits per heavy atom. The molecule has 0 saturated heterocycles. The van der Waals surface area contributed by atoms with Gasteiger partial charge in [-0.25, -0.2) is 0 Å². The van der Waals surface area contributed by atoms with Gasteiger partial charge in [0.2, 0.25) is 0 Å². The molecule has 1 aromatic rings. The largest absolute Gasteiger partial charge is 0.308 e. The number of halogens is 1. The average molecular weight is 286 g/mol. The molecule has 4 heteroatoms. The summed E-state index contributed by atoms with van der Waals surface area (Å²) in [4.78, 5) is 0. The summed E-state index contributed by atoms with van der Waals surface area (Å²) in [5, 5.41) is 8.18. The minimum absolute atomic E-state index is 0.720. The maximum absolute atomic E-state index is 4.59. The van der Waals surface area contributed by atoms with Gasteiger partial charge < -0.3 is 5.32 Å². The molecule has 2 atom stereocenters. The lowest BCUT2D eigenvalue weighted by Crippen LogP contribution is -2.20. The number of rotatable bonds is 5. The van der Waals surface area contributed by atoms with E-state index in [-0.39, 0.29) is 0 Å². The maximum atomic E-state index is 4.59. The Labute approximate surface area is 106 Å². The summed E-state index contributed by atoms with van der Waals surface area (Å²) in [5.74, 6) is 0.849. The highest BCUT2D eigenvalue weighted by atomic mass is 79.9. The van der Waals surface area contributed by atoms with Crippen LogP contribution in [-0.4, -0.2) is 15.8 Å². The summed E-state index contributed by atoms with van der Waals surface area (Å²) in [5.41, 5.74) is 2.46. The lowest BCUT2D eigenvalue weighted by molar-refractivity contribution is 0.566. The number of nitrogens with zero attached hydrogens (tertiary/aromatic N) is 2. The molecule has 0 radical (unpaired) electrons. The third-order valence-electron chi connectivity index (χ3n) is 3.34. The van der Waals surface area contributed by atoms with E-state index in [1.165, 1.54) is 22.3 Å². The van der Waals surface area contributed by atoms with Crippen LogP contribution in [0.25, 0.3) is 0 Å². The molecule has 0 bridgehead atoms. The van der Waals surface area contributed by atoms with Crippen LogP contribution < -0.4 is 5.32 Å². The molecule has 3 nitrogen and oxygen atoms in total. The Hall–Kier alpha value is -0.350. The Morgan fingerprint density at radius 1 is 1.50 bits per heavy atom. The van der Waals surface area contributed by atoms with Crippen molar-refractivity contribution in [2.45, 2.75) is 52.7 Å². The molecule has 0 aliphatic heterocycles. The summed E-state index contributed by atoms with van der Waals surface area (Å²) < 4.78 is 3.29. The number of aromatic nitrogens is 2. The maximum Gasteiger partial charge on any atom is 0.0767 e. The second-order valence-corrected chi connectivity index (χ2v) is 5.37. The topological polar surface area (TPSA) is 29.9 Å². The molecule has 16 heavy (non-hydrogen) atoms. The normalized spacial score (nSPS) is 23.8. The van der Waals surface area contributed by atoms with Gasteiger partial charge in [0, 0.05) is 19.1 Å². The zero-order valence-electron chi connectivity index (χ0n) is 10.3. The van der Waals surface area contributed by atoms with Gasteiger partial charge in [-0.05, 0) is 41.6 Å². The molecule has 1 aliphatic carbocycles. The minimum Gasteiger partial charge on any atom is -0.308 e. The van der Waals surface area contributed by atoms with E-state index >= 15 is 0 Å². The molecule has 0 amide bonds. The van der Waals surface area contributed by atoms with Crippen molar-refractivity contribution < 1.29 is 0 Å². The van der Waals surface area contributed by atoms with Gasteiger partial charge in [-0.1, -0.05) is 13.8 Å². The SMILES string of the molecule is CCc1nn(CC)c(CNC2CC2C)c1Br. The molecule has 0 aromatic carbocycles. The van der Waals surface area contributed by atoms with Crippen molar-refractivity contribution >= 4 is 15.9 Å². The quantitative estimate of drug-likeness (QED) is 0.902. The molecule has 1 heterocycles. The highest BCUT2D eigenvalue weighted by Crippen LogP contribution is 2.30. The van der Waals surface area contributed by atoms with E-state index in [1.54, 1.807) is 0 Å². The van der Waals surface area contributed by atoms with Crippen molar-refractivity contribution in [3.8, 4) is 0 Å². The monoisotopic (exact) mass is 285 g/mol. The van der Waals surface area contributed by atoms with E-state index in [9.17, 15) is 0 Å². The number of hydrogen-bond donors (Lipinski definition) is 1. The molecule has 0 spiro atoms. The Kier molecular flexibility index (Phi) is 3.70. The first-order chi connectivity index (χ1) is 7.67. The first-order valence-electron chi connectivity index (χ1n) is 6.14. The Morgan fingerprint density at radius 3 is 2.69 bits per heavy atom. The molecule has 1 aliphatic rings. The van der Waals surface area contributed by atoms with E-state index in [2.05, 4.69) is 51.8 Å². The van der Waals surface area contributed by atoms with Crippen LogP contribution in [0.1, 0.15) is 38.6 Å². The van der Waals surface area contributed by atoms with Crippen LogP contribution in [0.4, 0.5) is 0 Å². The van der Waals surface area contributed by atoms with Gasteiger partial charge in [-0.2, -0.15) is 5.10 Å². The third-order valence-corrected chi connectivity index (χ3v) is 4.25. The smallest absolute Gasteiger partial charge is 0.0767 e. The minimum atomic E-state index is 0.720. The van der Waals surface area contributed by atoms with Crippen LogP contribution in [0.5, 0.6) is 0 Å². The zero-order chi connectivity index (χ0) is 11.7. The predicted octanol–water partition coefficient (Wildman–Crippen LogP) is 2.73. The van der Waals surface area contributed by atoms with E-state index in [0.29, 0.717) is 0 Å². The summed E-state index contributed by atoms with van der Waals surface area (Å²) >= 11 is 3.67. The molecule has 90 valence electrons. The molecule has 1 saturated carbocycles.